The van der Waals surface area contributed by atoms with Gasteiger partial charge in [-0.2, -0.15) is 5.10 Å². The van der Waals surface area contributed by atoms with Crippen LogP contribution in [-0.4, -0.2) is 39.9 Å². The van der Waals surface area contributed by atoms with Crippen LogP contribution in [0.4, 0.5) is 10.5 Å². The first-order valence-electron chi connectivity index (χ1n) is 12.5. The topological polar surface area (TPSA) is 86.8 Å². The quantitative estimate of drug-likeness (QED) is 0.330. The van der Waals surface area contributed by atoms with Crippen LogP contribution >= 0.6 is 0 Å². The molecule has 1 aromatic carbocycles. The number of rotatable bonds is 10. The zero-order chi connectivity index (χ0) is 23.2. The lowest BCUT2D eigenvalue weighted by atomic mass is 9.91. The highest BCUT2D eigenvalue weighted by atomic mass is 16.2. The SMILES string of the molecule is CCCCCNC(=O)Nc1ccc2[nH]c3c(c2c1)CC(NCCc1cnn(C(C)C)c1)CC3. The van der Waals surface area contributed by atoms with Gasteiger partial charge in [0.15, 0.2) is 0 Å². The van der Waals surface area contributed by atoms with E-state index in [9.17, 15) is 4.79 Å². The second-order valence-electron chi connectivity index (χ2n) is 9.50. The van der Waals surface area contributed by atoms with Gasteiger partial charge >= 0.3 is 6.03 Å². The zero-order valence-corrected chi connectivity index (χ0v) is 20.2. The molecular weight excluding hydrogens is 412 g/mol. The first-order valence-corrected chi connectivity index (χ1v) is 12.5. The average Bonchev–Trinajstić information content (AvgIpc) is 3.41. The van der Waals surface area contributed by atoms with Crippen molar-refractivity contribution in [2.75, 3.05) is 18.4 Å². The highest BCUT2D eigenvalue weighted by molar-refractivity contribution is 5.94. The molecule has 1 unspecified atom stereocenters. The monoisotopic (exact) mass is 450 g/mol. The summed E-state index contributed by atoms with van der Waals surface area (Å²) in [7, 11) is 0. The number of unbranched alkanes of at least 4 members (excludes halogenated alkanes) is 2. The molecule has 0 aliphatic heterocycles. The molecule has 0 saturated heterocycles. The van der Waals surface area contributed by atoms with Crippen LogP contribution in [0.15, 0.2) is 30.6 Å². The summed E-state index contributed by atoms with van der Waals surface area (Å²) in [5.74, 6) is 0. The van der Waals surface area contributed by atoms with Gasteiger partial charge in [-0.25, -0.2) is 4.79 Å². The first kappa shape index (κ1) is 23.4. The second kappa shape index (κ2) is 10.9. The molecule has 1 aliphatic carbocycles. The van der Waals surface area contributed by atoms with Gasteiger partial charge in [0.2, 0.25) is 0 Å². The van der Waals surface area contributed by atoms with Crippen molar-refractivity contribution >= 4 is 22.6 Å². The predicted molar refractivity (Wildman–Crippen MR) is 135 cm³/mol. The van der Waals surface area contributed by atoms with Crippen molar-refractivity contribution in [1.82, 2.24) is 25.4 Å². The van der Waals surface area contributed by atoms with Crippen molar-refractivity contribution in [3.05, 3.63) is 47.4 Å². The van der Waals surface area contributed by atoms with Gasteiger partial charge in [-0.3, -0.25) is 4.68 Å². The fourth-order valence-electron chi connectivity index (χ4n) is 4.63. The third-order valence-electron chi connectivity index (χ3n) is 6.54. The van der Waals surface area contributed by atoms with Crippen molar-refractivity contribution < 1.29 is 4.79 Å². The Bertz CT molecular complexity index is 1070. The molecule has 2 heterocycles. The molecule has 7 heteroatoms. The van der Waals surface area contributed by atoms with Crippen LogP contribution in [0.3, 0.4) is 0 Å². The van der Waals surface area contributed by atoms with Crippen LogP contribution in [0.2, 0.25) is 0 Å². The largest absolute Gasteiger partial charge is 0.358 e. The van der Waals surface area contributed by atoms with Gasteiger partial charge in [0, 0.05) is 47.1 Å². The molecule has 1 aliphatic rings. The number of anilines is 1. The van der Waals surface area contributed by atoms with Crippen LogP contribution < -0.4 is 16.0 Å². The molecule has 2 aromatic heterocycles. The molecule has 0 fully saturated rings. The minimum absolute atomic E-state index is 0.129. The predicted octanol–water partition coefficient (Wildman–Crippen LogP) is 4.95. The fraction of sp³-hybridized carbons (Fsp3) is 0.538. The van der Waals surface area contributed by atoms with Gasteiger partial charge in [0.25, 0.3) is 0 Å². The van der Waals surface area contributed by atoms with Gasteiger partial charge < -0.3 is 20.9 Å². The van der Waals surface area contributed by atoms with Gasteiger partial charge in [-0.05, 0) is 81.8 Å². The van der Waals surface area contributed by atoms with Gasteiger partial charge in [-0.1, -0.05) is 19.8 Å². The van der Waals surface area contributed by atoms with Crippen LogP contribution in [0.25, 0.3) is 10.9 Å². The Hall–Kier alpha value is -2.80. The molecule has 178 valence electrons. The number of aromatic nitrogens is 3. The lowest BCUT2D eigenvalue weighted by molar-refractivity contribution is 0.252. The smallest absolute Gasteiger partial charge is 0.319 e. The first-order chi connectivity index (χ1) is 16.0. The Morgan fingerprint density at radius 1 is 1.27 bits per heavy atom. The summed E-state index contributed by atoms with van der Waals surface area (Å²) < 4.78 is 2.02. The fourth-order valence-corrected chi connectivity index (χ4v) is 4.63. The zero-order valence-electron chi connectivity index (χ0n) is 20.2. The van der Waals surface area contributed by atoms with E-state index in [1.54, 1.807) is 0 Å². The Morgan fingerprint density at radius 3 is 2.94 bits per heavy atom. The van der Waals surface area contributed by atoms with Crippen LogP contribution in [0.5, 0.6) is 0 Å². The van der Waals surface area contributed by atoms with Crippen molar-refractivity contribution in [2.24, 2.45) is 0 Å². The summed E-state index contributed by atoms with van der Waals surface area (Å²) in [4.78, 5) is 15.8. The van der Waals surface area contributed by atoms with E-state index < -0.39 is 0 Å². The number of carbonyl (C=O) groups is 1. The molecule has 0 bridgehead atoms. The summed E-state index contributed by atoms with van der Waals surface area (Å²) in [6, 6.07) is 6.90. The number of fused-ring (bicyclic) bond motifs is 3. The summed E-state index contributed by atoms with van der Waals surface area (Å²) in [5, 5.41) is 15.4. The molecule has 3 aromatic rings. The van der Waals surface area contributed by atoms with E-state index in [0.29, 0.717) is 18.6 Å². The Morgan fingerprint density at radius 2 is 2.15 bits per heavy atom. The molecule has 4 rings (SSSR count). The summed E-state index contributed by atoms with van der Waals surface area (Å²) in [6.45, 7) is 8.13. The summed E-state index contributed by atoms with van der Waals surface area (Å²) in [5.41, 5.74) is 5.99. The van der Waals surface area contributed by atoms with Crippen molar-refractivity contribution in [2.45, 2.75) is 77.8 Å². The highest BCUT2D eigenvalue weighted by Crippen LogP contribution is 2.31. The van der Waals surface area contributed by atoms with E-state index in [4.69, 9.17) is 0 Å². The lowest BCUT2D eigenvalue weighted by Crippen LogP contribution is -2.35. The van der Waals surface area contributed by atoms with E-state index >= 15 is 0 Å². The molecule has 0 spiro atoms. The van der Waals surface area contributed by atoms with Crippen molar-refractivity contribution in [1.29, 1.82) is 0 Å². The summed E-state index contributed by atoms with van der Waals surface area (Å²) >= 11 is 0. The molecule has 33 heavy (non-hydrogen) atoms. The second-order valence-corrected chi connectivity index (χ2v) is 9.50. The van der Waals surface area contributed by atoms with Crippen molar-refractivity contribution in [3.63, 3.8) is 0 Å². The third kappa shape index (κ3) is 5.96. The van der Waals surface area contributed by atoms with Crippen LogP contribution in [-0.2, 0) is 19.3 Å². The van der Waals surface area contributed by atoms with E-state index in [1.807, 2.05) is 16.9 Å². The van der Waals surface area contributed by atoms with E-state index in [0.717, 1.165) is 62.7 Å². The normalized spacial score (nSPS) is 15.7. The number of hydrogen-bond acceptors (Lipinski definition) is 3. The maximum atomic E-state index is 12.2. The van der Waals surface area contributed by atoms with Gasteiger partial charge in [-0.15, -0.1) is 0 Å². The molecule has 0 radical (unpaired) electrons. The standard InChI is InChI=1S/C26H38N6O/c1-4-5-6-12-28-26(33)30-21-8-10-25-23(15-21)22-14-20(7-9-24(22)31-25)27-13-11-19-16-29-32(17-19)18(2)3/h8,10,15-18,20,27,31H,4-7,9,11-14H2,1-3H3,(H2,28,30,33). The number of amides is 2. The van der Waals surface area contributed by atoms with Crippen LogP contribution in [0.1, 0.15) is 69.3 Å². The maximum absolute atomic E-state index is 12.2. The number of nitrogens with zero attached hydrogens (tertiary/aromatic N) is 2. The number of urea groups is 1. The van der Waals surface area contributed by atoms with E-state index in [1.165, 1.54) is 22.2 Å². The Labute approximate surface area is 196 Å². The Kier molecular flexibility index (Phi) is 7.70. The van der Waals surface area contributed by atoms with Gasteiger partial charge in [0.1, 0.15) is 0 Å². The Balaban J connectivity index is 1.34. The molecule has 0 saturated carbocycles. The third-order valence-corrected chi connectivity index (χ3v) is 6.54. The number of hydrogen-bond donors (Lipinski definition) is 4. The highest BCUT2D eigenvalue weighted by Gasteiger charge is 2.22. The average molecular weight is 451 g/mol. The number of benzene rings is 1. The van der Waals surface area contributed by atoms with E-state index in [2.05, 4.69) is 65.1 Å². The van der Waals surface area contributed by atoms with Gasteiger partial charge in [0.05, 0.1) is 6.20 Å². The molecule has 1 atom stereocenters. The number of nitrogens with one attached hydrogen (secondary N) is 4. The summed E-state index contributed by atoms with van der Waals surface area (Å²) in [6.07, 6.45) is 11.6. The maximum Gasteiger partial charge on any atom is 0.319 e. The number of aryl methyl sites for hydroxylation is 1. The molecular formula is C26H38N6O. The lowest BCUT2D eigenvalue weighted by Gasteiger charge is -2.23. The minimum atomic E-state index is -0.129. The number of H-pyrrole nitrogens is 1. The molecule has 7 nitrogen and oxygen atoms in total. The minimum Gasteiger partial charge on any atom is -0.358 e. The molecule has 2 amide bonds. The molecule has 4 N–H and O–H groups in total. The van der Waals surface area contributed by atoms with Crippen LogP contribution in [0, 0.1) is 0 Å². The van der Waals surface area contributed by atoms with Crippen molar-refractivity contribution in [3.8, 4) is 0 Å². The number of aromatic amines is 1. The number of carbonyl (C=O) groups excluding carboxylic acids is 1. The van der Waals surface area contributed by atoms with E-state index in [-0.39, 0.29) is 6.03 Å².